The van der Waals surface area contributed by atoms with Crippen molar-refractivity contribution in [3.05, 3.63) is 332 Å². The molecule has 13 rings (SSSR count). The van der Waals surface area contributed by atoms with E-state index in [1.165, 1.54) is 5.30 Å². The van der Waals surface area contributed by atoms with Crippen LogP contribution in [0.4, 0.5) is 34.1 Å². The molecule has 0 amide bonds. The maximum absolute atomic E-state index is 5.98. The molecule has 448 valence electrons. The Bertz CT molecular complexity index is 3970. The molecule has 6 heterocycles. The van der Waals surface area contributed by atoms with Crippen molar-refractivity contribution < 1.29 is 9.47 Å². The molecule has 13 aromatic rings. The van der Waals surface area contributed by atoms with Crippen LogP contribution in [0.2, 0.25) is 0 Å². The van der Waals surface area contributed by atoms with Crippen molar-refractivity contribution in [2.75, 3.05) is 9.80 Å². The molecule has 10 nitrogen and oxygen atoms in total. The standard InChI is InChI=1S/C40H38N4.C24H20N2O2.C16H13N2P/c1-29(2)37-25-35(43(31-17-9-5-10-18-31)32-19-11-6-12-20-32)27-39(41-37)40-28-36(26-38(42-40)30(3)4)44(33-21-13-7-14-22-33)34-23-15-8-16-24-34;1-17-13-21(27-19-9-5-3-6-10-19)15-23(25-17)24-16-22(14-18(2)26-24)28-20-11-7-4-8-12-20;1-2-8-14(9-3-1)19(15-10-4-6-12-17-15)16-11-5-7-13-18-16/h5-30H,1-4H3;3-16H,1-2H3;1-13H. The summed E-state index contributed by atoms with van der Waals surface area (Å²) >= 11 is 0. The molecule has 0 N–H and O–H groups in total. The fourth-order valence-electron chi connectivity index (χ4n) is 10.2. The van der Waals surface area contributed by atoms with Gasteiger partial charge < -0.3 is 19.3 Å². The van der Waals surface area contributed by atoms with Gasteiger partial charge in [-0.25, -0.2) is 0 Å². The average molecular weight is 1210 g/mol. The molecule has 0 aliphatic rings. The Morgan fingerprint density at radius 1 is 0.297 bits per heavy atom. The van der Waals surface area contributed by atoms with E-state index in [1.54, 1.807) is 0 Å². The summed E-state index contributed by atoms with van der Waals surface area (Å²) in [7, 11) is -0.668. The number of nitrogens with zero attached hydrogens (tertiary/aromatic N) is 8. The smallest absolute Gasteiger partial charge is 0.131 e. The Hall–Kier alpha value is -10.9. The molecule has 11 heteroatoms. The second-order valence-electron chi connectivity index (χ2n) is 22.1. The van der Waals surface area contributed by atoms with Gasteiger partial charge in [0.1, 0.15) is 23.0 Å². The molecule has 91 heavy (non-hydrogen) atoms. The molecule has 7 aromatic carbocycles. The number of hydrogen-bond donors (Lipinski definition) is 0. The van der Waals surface area contributed by atoms with E-state index >= 15 is 0 Å². The predicted octanol–water partition coefficient (Wildman–Crippen LogP) is 19.9. The van der Waals surface area contributed by atoms with Crippen LogP contribution in [0.5, 0.6) is 23.0 Å². The summed E-state index contributed by atoms with van der Waals surface area (Å²) < 4.78 is 12.0. The lowest BCUT2D eigenvalue weighted by atomic mass is 10.0. The third-order valence-corrected chi connectivity index (χ3v) is 16.8. The minimum absolute atomic E-state index is 0.236. The van der Waals surface area contributed by atoms with Gasteiger partial charge >= 0.3 is 0 Å². The number of aryl methyl sites for hydroxylation is 2. The summed E-state index contributed by atoms with van der Waals surface area (Å²) in [6.45, 7) is 12.7. The van der Waals surface area contributed by atoms with Gasteiger partial charge in [0.2, 0.25) is 0 Å². The van der Waals surface area contributed by atoms with E-state index in [-0.39, 0.29) is 11.8 Å². The number of rotatable bonds is 17. The van der Waals surface area contributed by atoms with Crippen LogP contribution in [-0.4, -0.2) is 29.9 Å². The van der Waals surface area contributed by atoms with Gasteiger partial charge in [-0.1, -0.05) is 179 Å². The minimum atomic E-state index is -0.668. The summed E-state index contributed by atoms with van der Waals surface area (Å²) in [6, 6.07) is 100. The van der Waals surface area contributed by atoms with Gasteiger partial charge in [0.05, 0.1) is 45.0 Å². The molecule has 0 fully saturated rings. The van der Waals surface area contributed by atoms with E-state index in [4.69, 9.17) is 19.4 Å². The number of para-hydroxylation sites is 6. The summed E-state index contributed by atoms with van der Waals surface area (Å²) in [5.74, 6) is 3.48. The lowest BCUT2D eigenvalue weighted by Gasteiger charge is -2.28. The van der Waals surface area contributed by atoms with Crippen LogP contribution in [0.1, 0.15) is 62.3 Å². The Kier molecular flexibility index (Phi) is 20.6. The third-order valence-electron chi connectivity index (χ3n) is 14.5. The van der Waals surface area contributed by atoms with Gasteiger partial charge in [-0.3, -0.25) is 29.9 Å². The topological polar surface area (TPSA) is 102 Å². The van der Waals surface area contributed by atoms with Crippen LogP contribution in [0.25, 0.3) is 22.8 Å². The van der Waals surface area contributed by atoms with E-state index < -0.39 is 7.92 Å². The Balaban J connectivity index is 0.000000154. The van der Waals surface area contributed by atoms with Crippen molar-refractivity contribution in [2.24, 2.45) is 0 Å². The second-order valence-corrected chi connectivity index (χ2v) is 24.2. The summed E-state index contributed by atoms with van der Waals surface area (Å²) in [6.07, 6.45) is 3.69. The second kappa shape index (κ2) is 30.3. The predicted molar refractivity (Wildman–Crippen MR) is 376 cm³/mol. The number of anilines is 6. The first kappa shape index (κ1) is 61.7. The molecule has 0 aliphatic heterocycles. The molecular weight excluding hydrogens is 1140 g/mol. The van der Waals surface area contributed by atoms with Crippen LogP contribution < -0.4 is 35.4 Å². The minimum Gasteiger partial charge on any atom is -0.457 e. The van der Waals surface area contributed by atoms with Crippen molar-refractivity contribution >= 4 is 58.2 Å². The lowest BCUT2D eigenvalue weighted by Crippen LogP contribution is -2.24. The van der Waals surface area contributed by atoms with E-state index in [0.29, 0.717) is 0 Å². The molecule has 6 aromatic heterocycles. The lowest BCUT2D eigenvalue weighted by molar-refractivity contribution is 0.480. The largest absolute Gasteiger partial charge is 0.457 e. The quantitative estimate of drug-likeness (QED) is 0.0819. The fourth-order valence-corrected chi connectivity index (χ4v) is 12.3. The van der Waals surface area contributed by atoms with Crippen molar-refractivity contribution in [3.8, 4) is 45.8 Å². The van der Waals surface area contributed by atoms with Crippen molar-refractivity contribution in [3.63, 3.8) is 0 Å². The molecule has 0 bridgehead atoms. The van der Waals surface area contributed by atoms with Crippen LogP contribution >= 0.6 is 7.92 Å². The maximum Gasteiger partial charge on any atom is 0.131 e. The molecule has 0 saturated carbocycles. The monoisotopic (exact) mass is 1210 g/mol. The van der Waals surface area contributed by atoms with E-state index in [1.807, 2.05) is 142 Å². The fraction of sp³-hybridized carbons (Fsp3) is 0.100. The number of aromatic nitrogens is 6. The van der Waals surface area contributed by atoms with E-state index in [9.17, 15) is 0 Å². The van der Waals surface area contributed by atoms with Crippen LogP contribution in [0, 0.1) is 13.8 Å². The summed E-state index contributed by atoms with van der Waals surface area (Å²) in [5, 5.41) is 1.27. The number of pyridine rings is 6. The SMILES string of the molecule is CC(C)c1cc(N(c2ccccc2)c2ccccc2)cc(-c2cc(N(c3ccccc3)c3ccccc3)cc(C(C)C)n2)n1.Cc1cc(Oc2ccccc2)cc(-c2cc(Oc3ccccc3)cc(C)n2)n1.c1ccc(P(c2ccccn2)c2ccccn2)cc1. The Morgan fingerprint density at radius 2 is 0.604 bits per heavy atom. The zero-order valence-corrected chi connectivity index (χ0v) is 52.8. The Labute approximate surface area is 536 Å². The molecule has 0 radical (unpaired) electrons. The first-order valence-corrected chi connectivity index (χ1v) is 31.9. The van der Waals surface area contributed by atoms with Gasteiger partial charge in [0.25, 0.3) is 0 Å². The zero-order valence-electron chi connectivity index (χ0n) is 51.9. The molecule has 0 spiro atoms. The molecule has 0 atom stereocenters. The van der Waals surface area contributed by atoms with Gasteiger partial charge in [-0.05, 0) is 152 Å². The van der Waals surface area contributed by atoms with Gasteiger partial charge in [-0.15, -0.1) is 0 Å². The van der Waals surface area contributed by atoms with Crippen molar-refractivity contribution in [2.45, 2.75) is 53.4 Å². The van der Waals surface area contributed by atoms with Crippen molar-refractivity contribution in [1.29, 1.82) is 0 Å². The first-order chi connectivity index (χ1) is 44.6. The highest BCUT2D eigenvalue weighted by molar-refractivity contribution is 7.79. The third kappa shape index (κ3) is 16.4. The molecule has 0 unspecified atom stereocenters. The van der Waals surface area contributed by atoms with Crippen LogP contribution in [0.15, 0.2) is 310 Å². The van der Waals surface area contributed by atoms with Gasteiger partial charge in [0, 0.05) is 90.1 Å². The summed E-state index contributed by atoms with van der Waals surface area (Å²) in [4.78, 5) is 33.3. The van der Waals surface area contributed by atoms with Crippen LogP contribution in [-0.2, 0) is 0 Å². The molecule has 0 saturated heterocycles. The zero-order chi connectivity index (χ0) is 62.7. The Morgan fingerprint density at radius 3 is 0.923 bits per heavy atom. The van der Waals surface area contributed by atoms with Crippen molar-refractivity contribution in [1.82, 2.24) is 29.9 Å². The highest BCUT2D eigenvalue weighted by Gasteiger charge is 2.22. The highest BCUT2D eigenvalue weighted by Crippen LogP contribution is 2.41. The van der Waals surface area contributed by atoms with Crippen LogP contribution in [0.3, 0.4) is 0 Å². The van der Waals surface area contributed by atoms with E-state index in [0.717, 1.165) is 114 Å². The maximum atomic E-state index is 5.98. The van der Waals surface area contributed by atoms with E-state index in [2.05, 4.69) is 239 Å². The summed E-state index contributed by atoms with van der Waals surface area (Å²) in [5.41, 5.74) is 15.6. The first-order valence-electron chi connectivity index (χ1n) is 30.5. The number of benzene rings is 7. The van der Waals surface area contributed by atoms with Gasteiger partial charge in [0.15, 0.2) is 0 Å². The molecule has 0 aliphatic carbocycles. The average Bonchev–Trinajstić information content (AvgIpc) is 1.72. The van der Waals surface area contributed by atoms with Gasteiger partial charge in [-0.2, -0.15) is 0 Å². The number of hydrogen-bond acceptors (Lipinski definition) is 10. The number of ether oxygens (including phenoxy) is 2. The molecular formula is C80H71N8O2P. The normalized spacial score (nSPS) is 10.8. The highest BCUT2D eigenvalue weighted by atomic mass is 31.1.